The van der Waals surface area contributed by atoms with Crippen molar-refractivity contribution in [3.63, 3.8) is 0 Å². The minimum Gasteiger partial charge on any atom is -0.393 e. The Hall–Kier alpha value is -0.610. The smallest absolute Gasteiger partial charge is 0.140 e. The normalized spacial score (nSPS) is 25.4. The molecule has 1 aromatic rings. The third-order valence-corrected chi connectivity index (χ3v) is 4.12. The van der Waals surface area contributed by atoms with Crippen molar-refractivity contribution < 1.29 is 5.11 Å². The number of aliphatic hydroxyl groups is 1. The zero-order chi connectivity index (χ0) is 11.5. The Balaban J connectivity index is 2.01. The summed E-state index contributed by atoms with van der Waals surface area (Å²) in [7, 11) is 0. The number of aromatic nitrogens is 1. The average molecular weight is 285 g/mol. The zero-order valence-corrected chi connectivity index (χ0v) is 11.0. The summed E-state index contributed by atoms with van der Waals surface area (Å²) < 4.78 is 1.04. The summed E-state index contributed by atoms with van der Waals surface area (Å²) >= 11 is 3.54. The Labute approximate surface area is 104 Å². The van der Waals surface area contributed by atoms with E-state index in [4.69, 9.17) is 0 Å². The van der Waals surface area contributed by atoms with Crippen LogP contribution in [0.1, 0.15) is 31.2 Å². The molecule has 1 heterocycles. The highest BCUT2D eigenvalue weighted by Gasteiger charge is 2.20. The molecule has 1 saturated carbocycles. The van der Waals surface area contributed by atoms with Crippen molar-refractivity contribution in [2.45, 2.75) is 44.8 Å². The topological polar surface area (TPSA) is 45.2 Å². The molecule has 1 fully saturated rings. The van der Waals surface area contributed by atoms with Crippen LogP contribution in [0.25, 0.3) is 0 Å². The van der Waals surface area contributed by atoms with E-state index in [1.54, 1.807) is 0 Å². The van der Waals surface area contributed by atoms with Gasteiger partial charge in [0, 0.05) is 12.2 Å². The van der Waals surface area contributed by atoms with Crippen molar-refractivity contribution in [3.8, 4) is 0 Å². The lowest BCUT2D eigenvalue weighted by Crippen LogP contribution is -2.28. The van der Waals surface area contributed by atoms with Crippen molar-refractivity contribution >= 4 is 21.7 Å². The number of rotatable bonds is 2. The van der Waals surface area contributed by atoms with Gasteiger partial charge in [-0.05, 0) is 60.2 Å². The van der Waals surface area contributed by atoms with E-state index in [2.05, 4.69) is 33.2 Å². The Kier molecular flexibility index (Phi) is 3.82. The SMILES string of the molecule is Cc1ccnc(NC2CCC(O)CC2)c1Br. The number of aliphatic hydroxyl groups excluding tert-OH is 1. The molecule has 1 aromatic heterocycles. The standard InChI is InChI=1S/C12H17BrN2O/c1-8-6-7-14-12(11(8)13)15-9-2-4-10(16)5-3-9/h6-7,9-10,16H,2-5H2,1H3,(H,14,15). The molecule has 0 atom stereocenters. The van der Waals surface area contributed by atoms with Crippen molar-refractivity contribution in [2.24, 2.45) is 0 Å². The Bertz CT molecular complexity index is 362. The van der Waals surface area contributed by atoms with Crippen molar-refractivity contribution in [1.29, 1.82) is 0 Å². The van der Waals surface area contributed by atoms with E-state index in [9.17, 15) is 5.11 Å². The van der Waals surface area contributed by atoms with Crippen LogP contribution in [0.3, 0.4) is 0 Å². The molecule has 0 aliphatic heterocycles. The largest absolute Gasteiger partial charge is 0.393 e. The van der Waals surface area contributed by atoms with E-state index in [-0.39, 0.29) is 6.10 Å². The average Bonchev–Trinajstić information content (AvgIpc) is 2.28. The van der Waals surface area contributed by atoms with Gasteiger partial charge in [0.2, 0.25) is 0 Å². The molecule has 0 amide bonds. The van der Waals surface area contributed by atoms with Crippen LogP contribution >= 0.6 is 15.9 Å². The summed E-state index contributed by atoms with van der Waals surface area (Å²) in [6.45, 7) is 2.06. The lowest BCUT2D eigenvalue weighted by molar-refractivity contribution is 0.126. The van der Waals surface area contributed by atoms with Gasteiger partial charge in [0.1, 0.15) is 5.82 Å². The molecule has 1 aliphatic carbocycles. The molecule has 88 valence electrons. The van der Waals surface area contributed by atoms with E-state index < -0.39 is 0 Å². The quantitative estimate of drug-likeness (QED) is 0.878. The minimum atomic E-state index is -0.105. The monoisotopic (exact) mass is 284 g/mol. The van der Waals surface area contributed by atoms with Crippen molar-refractivity contribution in [1.82, 2.24) is 4.98 Å². The van der Waals surface area contributed by atoms with Gasteiger partial charge in [-0.2, -0.15) is 0 Å². The zero-order valence-electron chi connectivity index (χ0n) is 9.41. The molecule has 3 nitrogen and oxygen atoms in total. The minimum absolute atomic E-state index is 0.105. The van der Waals surface area contributed by atoms with Crippen LogP contribution in [0.2, 0.25) is 0 Å². The molecule has 2 rings (SSSR count). The molecule has 0 bridgehead atoms. The summed E-state index contributed by atoms with van der Waals surface area (Å²) in [5, 5.41) is 12.9. The van der Waals surface area contributed by atoms with E-state index >= 15 is 0 Å². The maximum Gasteiger partial charge on any atom is 0.140 e. The molecule has 0 spiro atoms. The second kappa shape index (κ2) is 5.15. The van der Waals surface area contributed by atoms with Gasteiger partial charge in [-0.3, -0.25) is 0 Å². The van der Waals surface area contributed by atoms with Crippen LogP contribution in [-0.2, 0) is 0 Å². The molecule has 0 saturated heterocycles. The first-order valence-corrected chi connectivity index (χ1v) is 6.52. The Morgan fingerprint density at radius 1 is 1.38 bits per heavy atom. The molecule has 0 radical (unpaired) electrons. The molecule has 4 heteroatoms. The van der Waals surface area contributed by atoms with Crippen LogP contribution in [0.4, 0.5) is 5.82 Å². The Morgan fingerprint density at radius 3 is 2.75 bits per heavy atom. The first-order valence-electron chi connectivity index (χ1n) is 5.72. The predicted octanol–water partition coefficient (Wildman–Crippen LogP) is 2.87. The summed E-state index contributed by atoms with van der Waals surface area (Å²) in [4.78, 5) is 4.33. The molecule has 0 aromatic carbocycles. The number of nitrogens with zero attached hydrogens (tertiary/aromatic N) is 1. The van der Waals surface area contributed by atoms with Crippen molar-refractivity contribution in [2.75, 3.05) is 5.32 Å². The van der Waals surface area contributed by atoms with E-state index in [1.165, 1.54) is 5.56 Å². The van der Waals surface area contributed by atoms with Gasteiger partial charge in [-0.1, -0.05) is 0 Å². The van der Waals surface area contributed by atoms with Crippen LogP contribution in [0.15, 0.2) is 16.7 Å². The molecule has 0 unspecified atom stereocenters. The number of halogens is 1. The number of hydrogen-bond donors (Lipinski definition) is 2. The van der Waals surface area contributed by atoms with Gasteiger partial charge in [0.25, 0.3) is 0 Å². The highest BCUT2D eigenvalue weighted by molar-refractivity contribution is 9.10. The molecular formula is C12H17BrN2O. The fourth-order valence-electron chi connectivity index (χ4n) is 2.05. The maximum atomic E-state index is 9.44. The number of hydrogen-bond acceptors (Lipinski definition) is 3. The lowest BCUT2D eigenvalue weighted by Gasteiger charge is -2.27. The maximum absolute atomic E-state index is 9.44. The highest BCUT2D eigenvalue weighted by atomic mass is 79.9. The first-order chi connectivity index (χ1) is 7.66. The third-order valence-electron chi connectivity index (χ3n) is 3.12. The van der Waals surface area contributed by atoms with Gasteiger partial charge in [0.05, 0.1) is 10.6 Å². The van der Waals surface area contributed by atoms with Crippen LogP contribution in [0, 0.1) is 6.92 Å². The van der Waals surface area contributed by atoms with E-state index in [0.29, 0.717) is 6.04 Å². The van der Waals surface area contributed by atoms with Crippen molar-refractivity contribution in [3.05, 3.63) is 22.3 Å². The number of aryl methyl sites for hydroxylation is 1. The lowest BCUT2D eigenvalue weighted by atomic mass is 9.93. The van der Waals surface area contributed by atoms with Gasteiger partial charge in [0.15, 0.2) is 0 Å². The molecule has 1 aliphatic rings. The van der Waals surface area contributed by atoms with Gasteiger partial charge in [-0.25, -0.2) is 4.98 Å². The van der Waals surface area contributed by atoms with Gasteiger partial charge in [-0.15, -0.1) is 0 Å². The second-order valence-corrected chi connectivity index (χ2v) is 5.23. The van der Waals surface area contributed by atoms with E-state index in [0.717, 1.165) is 36.0 Å². The Morgan fingerprint density at radius 2 is 2.06 bits per heavy atom. The van der Waals surface area contributed by atoms with Crippen LogP contribution in [0.5, 0.6) is 0 Å². The molecule has 16 heavy (non-hydrogen) atoms. The highest BCUT2D eigenvalue weighted by Crippen LogP contribution is 2.27. The van der Waals surface area contributed by atoms with Gasteiger partial charge < -0.3 is 10.4 Å². The van der Waals surface area contributed by atoms with Crippen LogP contribution < -0.4 is 5.32 Å². The number of pyridine rings is 1. The third kappa shape index (κ3) is 2.74. The summed E-state index contributed by atoms with van der Waals surface area (Å²) in [5.74, 6) is 0.918. The van der Waals surface area contributed by atoms with Crippen LogP contribution in [-0.4, -0.2) is 22.2 Å². The van der Waals surface area contributed by atoms with E-state index in [1.807, 2.05) is 12.3 Å². The fourth-order valence-corrected chi connectivity index (χ4v) is 2.40. The second-order valence-electron chi connectivity index (χ2n) is 4.44. The van der Waals surface area contributed by atoms with Gasteiger partial charge >= 0.3 is 0 Å². The fraction of sp³-hybridized carbons (Fsp3) is 0.583. The summed E-state index contributed by atoms with van der Waals surface area (Å²) in [6, 6.07) is 2.42. The molecular weight excluding hydrogens is 268 g/mol. The first kappa shape index (κ1) is 11.9. The predicted molar refractivity (Wildman–Crippen MR) is 68.6 cm³/mol. The summed E-state index contributed by atoms with van der Waals surface area (Å²) in [6.07, 6.45) is 5.53. The molecule has 2 N–H and O–H groups in total. The number of nitrogens with one attached hydrogen (secondary N) is 1. The summed E-state index contributed by atoms with van der Waals surface area (Å²) in [5.41, 5.74) is 1.19. The number of anilines is 1.